The third kappa shape index (κ3) is 3.74. The molecule has 25 heavy (non-hydrogen) atoms. The first-order valence-electron chi connectivity index (χ1n) is 7.94. The van der Waals surface area contributed by atoms with Gasteiger partial charge in [-0.25, -0.2) is 4.79 Å². The quantitative estimate of drug-likeness (QED) is 0.472. The minimum absolute atomic E-state index is 0.329. The van der Waals surface area contributed by atoms with Crippen LogP contribution in [0.5, 0.6) is 0 Å². The zero-order chi connectivity index (χ0) is 17.6. The highest BCUT2D eigenvalue weighted by Gasteiger charge is 2.18. The van der Waals surface area contributed by atoms with E-state index in [0.717, 1.165) is 23.1 Å². The zero-order valence-corrected chi connectivity index (χ0v) is 14.8. The number of carbonyl (C=O) groups is 1. The maximum absolute atomic E-state index is 11.9. The molecule has 3 aromatic rings. The lowest BCUT2D eigenvalue weighted by molar-refractivity contribution is 0.0524. The number of furan rings is 1. The molecule has 3 heterocycles. The average Bonchev–Trinajstić information content (AvgIpc) is 3.27. The standard InChI is InChI=1S/C17H18N4O3S/c1-3-21-15(12-5-8-18-9-6-12)19-20-17(21)25-11-14-13(7-10-24-14)16(22)23-4-2/h5-10H,3-4,11H2,1-2H3. The van der Waals surface area contributed by atoms with Crippen LogP contribution in [0.2, 0.25) is 0 Å². The number of carbonyl (C=O) groups excluding carboxylic acids is 1. The second-order valence-electron chi connectivity index (χ2n) is 5.05. The Balaban J connectivity index is 1.78. The van der Waals surface area contributed by atoms with Gasteiger partial charge in [-0.05, 0) is 32.0 Å². The van der Waals surface area contributed by atoms with Gasteiger partial charge < -0.3 is 13.7 Å². The fourth-order valence-corrected chi connectivity index (χ4v) is 3.32. The summed E-state index contributed by atoms with van der Waals surface area (Å²) in [5.74, 6) is 1.45. The molecule has 0 amide bonds. The van der Waals surface area contributed by atoms with Gasteiger partial charge in [-0.15, -0.1) is 10.2 Å². The Labute approximate surface area is 149 Å². The lowest BCUT2D eigenvalue weighted by Crippen LogP contribution is -2.06. The van der Waals surface area contributed by atoms with Crippen molar-refractivity contribution in [2.45, 2.75) is 31.3 Å². The molecule has 0 spiro atoms. The average molecular weight is 358 g/mol. The normalized spacial score (nSPS) is 10.8. The SMILES string of the molecule is CCOC(=O)c1ccoc1CSc1nnc(-c2ccncc2)n1CC. The van der Waals surface area contributed by atoms with Crippen LogP contribution in [0.1, 0.15) is 30.0 Å². The maximum atomic E-state index is 11.9. The lowest BCUT2D eigenvalue weighted by atomic mass is 10.2. The smallest absolute Gasteiger partial charge is 0.341 e. The largest absolute Gasteiger partial charge is 0.468 e. The molecule has 0 saturated heterocycles. The maximum Gasteiger partial charge on any atom is 0.341 e. The summed E-state index contributed by atoms with van der Waals surface area (Å²) in [5.41, 5.74) is 1.41. The van der Waals surface area contributed by atoms with Crippen molar-refractivity contribution in [1.29, 1.82) is 0 Å². The number of hydrogen-bond acceptors (Lipinski definition) is 7. The van der Waals surface area contributed by atoms with Crippen molar-refractivity contribution in [3.05, 3.63) is 48.2 Å². The first-order chi connectivity index (χ1) is 12.2. The summed E-state index contributed by atoms with van der Waals surface area (Å²) in [6.07, 6.45) is 4.95. The number of rotatable bonds is 7. The summed E-state index contributed by atoms with van der Waals surface area (Å²) >= 11 is 1.47. The highest BCUT2D eigenvalue weighted by atomic mass is 32.2. The molecule has 3 rings (SSSR count). The molecule has 0 fully saturated rings. The second kappa shape index (κ2) is 7.98. The van der Waals surface area contributed by atoms with Crippen LogP contribution in [0, 0.1) is 0 Å². The molecule has 0 unspecified atom stereocenters. The van der Waals surface area contributed by atoms with Crippen LogP contribution in [-0.4, -0.2) is 32.3 Å². The Morgan fingerprint density at radius 1 is 1.24 bits per heavy atom. The van der Waals surface area contributed by atoms with Gasteiger partial charge in [0.05, 0.1) is 18.6 Å². The first-order valence-corrected chi connectivity index (χ1v) is 8.93. The Morgan fingerprint density at radius 3 is 2.76 bits per heavy atom. The van der Waals surface area contributed by atoms with Crippen molar-refractivity contribution in [2.24, 2.45) is 0 Å². The molecule has 0 aliphatic carbocycles. The van der Waals surface area contributed by atoms with Gasteiger partial charge in [0.25, 0.3) is 0 Å². The van der Waals surface area contributed by atoms with E-state index < -0.39 is 0 Å². The van der Waals surface area contributed by atoms with Crippen LogP contribution in [0.15, 0.2) is 46.4 Å². The molecule has 0 atom stereocenters. The zero-order valence-electron chi connectivity index (χ0n) is 14.0. The summed E-state index contributed by atoms with van der Waals surface area (Å²) in [6.45, 7) is 4.87. The van der Waals surface area contributed by atoms with Crippen molar-refractivity contribution in [3.63, 3.8) is 0 Å². The summed E-state index contributed by atoms with van der Waals surface area (Å²) in [6, 6.07) is 5.42. The van der Waals surface area contributed by atoms with Gasteiger partial charge in [0.1, 0.15) is 11.3 Å². The van der Waals surface area contributed by atoms with Crippen LogP contribution >= 0.6 is 11.8 Å². The molecular formula is C17H18N4O3S. The van der Waals surface area contributed by atoms with Crippen LogP contribution in [0.4, 0.5) is 0 Å². The van der Waals surface area contributed by atoms with Crippen molar-refractivity contribution in [1.82, 2.24) is 19.7 Å². The van der Waals surface area contributed by atoms with E-state index in [-0.39, 0.29) is 5.97 Å². The highest BCUT2D eigenvalue weighted by molar-refractivity contribution is 7.98. The fraction of sp³-hybridized carbons (Fsp3) is 0.294. The van der Waals surface area contributed by atoms with Crippen molar-refractivity contribution in [2.75, 3.05) is 6.61 Å². The van der Waals surface area contributed by atoms with E-state index in [1.807, 2.05) is 23.6 Å². The molecule has 0 N–H and O–H groups in total. The lowest BCUT2D eigenvalue weighted by Gasteiger charge is -2.07. The van der Waals surface area contributed by atoms with Crippen LogP contribution < -0.4 is 0 Å². The number of pyridine rings is 1. The Morgan fingerprint density at radius 2 is 2.04 bits per heavy atom. The second-order valence-corrected chi connectivity index (χ2v) is 6.00. The molecule has 130 valence electrons. The van der Waals surface area contributed by atoms with E-state index in [1.165, 1.54) is 18.0 Å². The molecule has 0 bridgehead atoms. The minimum atomic E-state index is -0.374. The molecule has 7 nitrogen and oxygen atoms in total. The van der Waals surface area contributed by atoms with Crippen LogP contribution in [-0.2, 0) is 17.0 Å². The van der Waals surface area contributed by atoms with Gasteiger partial charge in [-0.2, -0.15) is 0 Å². The monoisotopic (exact) mass is 358 g/mol. The topological polar surface area (TPSA) is 83.0 Å². The first kappa shape index (κ1) is 17.2. The molecule has 8 heteroatoms. The van der Waals surface area contributed by atoms with Crippen molar-refractivity contribution >= 4 is 17.7 Å². The number of hydrogen-bond donors (Lipinski definition) is 0. The van der Waals surface area contributed by atoms with Gasteiger partial charge in [0, 0.05) is 24.5 Å². The summed E-state index contributed by atoms with van der Waals surface area (Å²) in [4.78, 5) is 15.9. The van der Waals surface area contributed by atoms with E-state index in [0.29, 0.717) is 23.7 Å². The number of aromatic nitrogens is 4. The van der Waals surface area contributed by atoms with E-state index in [1.54, 1.807) is 25.4 Å². The van der Waals surface area contributed by atoms with Gasteiger partial charge in [0.15, 0.2) is 11.0 Å². The molecule has 0 aliphatic heterocycles. The number of esters is 1. The van der Waals surface area contributed by atoms with Crippen LogP contribution in [0.3, 0.4) is 0 Å². The Bertz CT molecular complexity index is 845. The van der Waals surface area contributed by atoms with E-state index >= 15 is 0 Å². The van der Waals surface area contributed by atoms with Gasteiger partial charge in [0.2, 0.25) is 0 Å². The van der Waals surface area contributed by atoms with Crippen LogP contribution in [0.25, 0.3) is 11.4 Å². The molecule has 0 aromatic carbocycles. The summed E-state index contributed by atoms with van der Waals surface area (Å²) in [5, 5.41) is 9.32. The third-order valence-electron chi connectivity index (χ3n) is 3.54. The highest BCUT2D eigenvalue weighted by Crippen LogP contribution is 2.27. The summed E-state index contributed by atoms with van der Waals surface area (Å²) < 4.78 is 12.5. The van der Waals surface area contributed by atoms with Crippen molar-refractivity contribution in [3.8, 4) is 11.4 Å². The summed E-state index contributed by atoms with van der Waals surface area (Å²) in [7, 11) is 0. The van der Waals surface area contributed by atoms with E-state index in [9.17, 15) is 4.79 Å². The van der Waals surface area contributed by atoms with Gasteiger partial charge in [-0.3, -0.25) is 4.98 Å². The van der Waals surface area contributed by atoms with Gasteiger partial charge in [-0.1, -0.05) is 11.8 Å². The molecule has 3 aromatic heterocycles. The predicted octanol–water partition coefficient (Wildman–Crippen LogP) is 3.42. The van der Waals surface area contributed by atoms with Gasteiger partial charge >= 0.3 is 5.97 Å². The predicted molar refractivity (Wildman–Crippen MR) is 93.2 cm³/mol. The molecule has 0 aliphatic rings. The Hall–Kier alpha value is -2.61. The molecule has 0 radical (unpaired) electrons. The van der Waals surface area contributed by atoms with Crippen molar-refractivity contribution < 1.29 is 13.9 Å². The molecular weight excluding hydrogens is 340 g/mol. The number of thioether (sulfide) groups is 1. The fourth-order valence-electron chi connectivity index (χ4n) is 2.37. The number of ether oxygens (including phenoxy) is 1. The third-order valence-corrected chi connectivity index (χ3v) is 4.51. The number of nitrogens with zero attached hydrogens (tertiary/aromatic N) is 4. The molecule has 0 saturated carbocycles. The van der Waals surface area contributed by atoms with E-state index in [2.05, 4.69) is 15.2 Å². The minimum Gasteiger partial charge on any atom is -0.468 e. The Kier molecular flexibility index (Phi) is 5.49. The van der Waals surface area contributed by atoms with E-state index in [4.69, 9.17) is 9.15 Å².